The standard InChI is InChI=1S/C126H72S4/c1-3-23-73(24-4-1)86-39-17-45-105-107-47-19-41-88(123(107)128-121(86)105)80-28-15-27-75(63-80)76-51-57-100-95-34-10-13-37-98(95)112-66-77(52-58-103(112)114(100)65-76)78-56-62-119-117(68-78)109-49-21-43-90(120(109)127-119)83-54-61-102-96-35-11-14-38-99(96)113-67-79(53-59-104(113)116(102)70-83)85-71-111(82-30-16-29-81(64-82)89-42-20-48-108-106-46-18-40-87(122(106)129-124(89)108)74-25-5-2-6-26-74)126-118(72-85)110-50-22-44-91(125(110)130-126)84-55-60-101-94-33-8-7-31-92(94)93-32-9-12-36-97(93)115(101)69-84/h1-72H. The largest absolute Gasteiger partial charge is 0.135 e. The van der Waals surface area contributed by atoms with E-state index in [0.717, 1.165) is 0 Å². The predicted octanol–water partition coefficient (Wildman–Crippen LogP) is 38.2. The van der Waals surface area contributed by atoms with Crippen molar-refractivity contribution >= 4 is 223 Å². The van der Waals surface area contributed by atoms with Gasteiger partial charge < -0.3 is 0 Å². The van der Waals surface area contributed by atoms with Gasteiger partial charge in [-0.25, -0.2) is 0 Å². The fourth-order valence-corrected chi connectivity index (χ4v) is 27.2. The first-order chi connectivity index (χ1) is 64.4. The van der Waals surface area contributed by atoms with E-state index in [1.165, 1.54) is 289 Å². The van der Waals surface area contributed by atoms with Gasteiger partial charge >= 0.3 is 0 Å². The normalized spacial score (nSPS) is 12.2. The van der Waals surface area contributed by atoms with Crippen LogP contribution in [0.4, 0.5) is 0 Å². The minimum Gasteiger partial charge on any atom is -0.135 e. The summed E-state index contributed by atoms with van der Waals surface area (Å²) in [5.41, 5.74) is 24.5. The molecule has 0 radical (unpaired) electrons. The summed E-state index contributed by atoms with van der Waals surface area (Å²) in [6, 6.07) is 166. The predicted molar refractivity (Wildman–Crippen MR) is 570 cm³/mol. The molecule has 0 amide bonds. The van der Waals surface area contributed by atoms with Crippen LogP contribution < -0.4 is 0 Å². The topological polar surface area (TPSA) is 0 Å². The van der Waals surface area contributed by atoms with Gasteiger partial charge in [0.25, 0.3) is 0 Å². The summed E-state index contributed by atoms with van der Waals surface area (Å²) < 4.78 is 10.4. The second-order valence-electron chi connectivity index (χ2n) is 35.0. The molecule has 0 fully saturated rings. The first-order valence-electron chi connectivity index (χ1n) is 44.7. The first-order valence-corrected chi connectivity index (χ1v) is 48.0. The summed E-state index contributed by atoms with van der Waals surface area (Å²) in [6.07, 6.45) is 0. The molecule has 0 unspecified atom stereocenters. The molecule has 4 heterocycles. The molecule has 4 aromatic heterocycles. The quantitative estimate of drug-likeness (QED) is 0.120. The van der Waals surface area contributed by atoms with Crippen LogP contribution in [0.2, 0.25) is 0 Å². The molecule has 0 N–H and O–H groups in total. The average molecular weight is 1710 g/mol. The Hall–Kier alpha value is -15.5. The highest BCUT2D eigenvalue weighted by atomic mass is 32.1. The molecule has 600 valence electrons. The van der Waals surface area contributed by atoms with Crippen molar-refractivity contribution in [3.8, 4) is 111 Å². The Kier molecular flexibility index (Phi) is 16.4. The summed E-state index contributed by atoms with van der Waals surface area (Å²) in [7, 11) is 0. The van der Waals surface area contributed by atoms with Gasteiger partial charge in [0.15, 0.2) is 0 Å². The molecule has 0 aliphatic rings. The van der Waals surface area contributed by atoms with Gasteiger partial charge in [-0.1, -0.05) is 370 Å². The fraction of sp³-hybridized carbons (Fsp3) is 0. The minimum atomic E-state index is 1.18. The Bertz CT molecular complexity index is 9720. The molecular formula is C126H72S4. The Labute approximate surface area is 764 Å². The maximum absolute atomic E-state index is 2.50. The number of hydrogen-bond acceptors (Lipinski definition) is 4. The smallest absolute Gasteiger partial charge is 0.0434 e. The van der Waals surface area contributed by atoms with Crippen molar-refractivity contribution < 1.29 is 0 Å². The molecule has 0 saturated heterocycles. The summed E-state index contributed by atoms with van der Waals surface area (Å²) >= 11 is 7.67. The third-order valence-corrected chi connectivity index (χ3v) is 33.1. The van der Waals surface area contributed by atoms with Crippen LogP contribution in [0.15, 0.2) is 437 Å². The highest BCUT2D eigenvalue weighted by molar-refractivity contribution is 7.28. The lowest BCUT2D eigenvalue weighted by Gasteiger charge is -2.15. The number of fused-ring (bicyclic) bond motifs is 30. The van der Waals surface area contributed by atoms with Crippen LogP contribution in [-0.2, 0) is 0 Å². The van der Waals surface area contributed by atoms with Gasteiger partial charge in [-0.15, -0.1) is 45.3 Å². The third-order valence-electron chi connectivity index (χ3n) is 28.0. The molecular weight excluding hydrogens is 1640 g/mol. The van der Waals surface area contributed by atoms with Crippen molar-refractivity contribution in [2.24, 2.45) is 0 Å². The van der Waals surface area contributed by atoms with E-state index in [0.29, 0.717) is 0 Å². The van der Waals surface area contributed by atoms with E-state index in [-0.39, 0.29) is 0 Å². The summed E-state index contributed by atoms with van der Waals surface area (Å²) in [6.45, 7) is 0. The minimum absolute atomic E-state index is 1.18. The van der Waals surface area contributed by atoms with Crippen molar-refractivity contribution in [3.05, 3.63) is 437 Å². The van der Waals surface area contributed by atoms with E-state index in [1.807, 2.05) is 45.3 Å². The van der Waals surface area contributed by atoms with Crippen LogP contribution >= 0.6 is 45.3 Å². The van der Waals surface area contributed by atoms with Gasteiger partial charge in [-0.05, 0) is 269 Å². The van der Waals surface area contributed by atoms with Gasteiger partial charge in [0.1, 0.15) is 0 Å². The zero-order valence-electron chi connectivity index (χ0n) is 70.2. The molecule has 0 spiro atoms. The van der Waals surface area contributed by atoms with Gasteiger partial charge in [0, 0.05) is 86.3 Å². The molecule has 28 aromatic rings. The van der Waals surface area contributed by atoms with Crippen molar-refractivity contribution in [2.75, 3.05) is 0 Å². The van der Waals surface area contributed by atoms with Crippen LogP contribution in [0.3, 0.4) is 0 Å². The molecule has 0 aliphatic carbocycles. The highest BCUT2D eigenvalue weighted by Gasteiger charge is 2.25. The molecule has 24 aromatic carbocycles. The third kappa shape index (κ3) is 11.4. The van der Waals surface area contributed by atoms with Crippen molar-refractivity contribution in [1.29, 1.82) is 0 Å². The number of benzene rings is 24. The lowest BCUT2D eigenvalue weighted by Crippen LogP contribution is -1.88. The van der Waals surface area contributed by atoms with E-state index in [1.54, 1.807) is 0 Å². The van der Waals surface area contributed by atoms with E-state index >= 15 is 0 Å². The van der Waals surface area contributed by atoms with Gasteiger partial charge in [-0.3, -0.25) is 0 Å². The first kappa shape index (κ1) is 73.7. The Balaban J connectivity index is 0.553. The van der Waals surface area contributed by atoms with E-state index in [4.69, 9.17) is 0 Å². The molecule has 28 rings (SSSR count). The zero-order chi connectivity index (χ0) is 84.9. The van der Waals surface area contributed by atoms with Crippen LogP contribution in [0.25, 0.3) is 289 Å². The van der Waals surface area contributed by atoms with Crippen LogP contribution in [0.1, 0.15) is 0 Å². The molecule has 0 nitrogen and oxygen atoms in total. The van der Waals surface area contributed by atoms with E-state index in [2.05, 4.69) is 437 Å². The van der Waals surface area contributed by atoms with Gasteiger partial charge in [0.05, 0.1) is 0 Å². The van der Waals surface area contributed by atoms with Crippen molar-refractivity contribution in [3.63, 3.8) is 0 Å². The zero-order valence-corrected chi connectivity index (χ0v) is 73.5. The molecule has 4 heteroatoms. The second-order valence-corrected chi connectivity index (χ2v) is 39.1. The molecule has 130 heavy (non-hydrogen) atoms. The summed E-state index contributed by atoms with van der Waals surface area (Å²) in [5.74, 6) is 0. The number of hydrogen-bond donors (Lipinski definition) is 0. The van der Waals surface area contributed by atoms with Crippen molar-refractivity contribution in [2.45, 2.75) is 0 Å². The number of rotatable bonds is 10. The maximum Gasteiger partial charge on any atom is 0.0434 e. The van der Waals surface area contributed by atoms with Crippen LogP contribution in [-0.4, -0.2) is 0 Å². The molecule has 0 aliphatic heterocycles. The van der Waals surface area contributed by atoms with Crippen LogP contribution in [0.5, 0.6) is 0 Å². The summed E-state index contributed by atoms with van der Waals surface area (Å²) in [4.78, 5) is 0. The summed E-state index contributed by atoms with van der Waals surface area (Å²) in [5, 5.41) is 33.0. The Morgan fingerprint density at radius 3 is 0.685 bits per heavy atom. The highest BCUT2D eigenvalue weighted by Crippen LogP contribution is 2.53. The van der Waals surface area contributed by atoms with E-state index in [9.17, 15) is 0 Å². The van der Waals surface area contributed by atoms with Crippen LogP contribution in [0, 0.1) is 0 Å². The van der Waals surface area contributed by atoms with Gasteiger partial charge in [0.2, 0.25) is 0 Å². The lowest BCUT2D eigenvalue weighted by atomic mass is 9.89. The van der Waals surface area contributed by atoms with E-state index < -0.39 is 0 Å². The Morgan fingerprint density at radius 1 is 0.0923 bits per heavy atom. The molecule has 0 atom stereocenters. The monoisotopic (exact) mass is 1710 g/mol. The molecule has 0 bridgehead atoms. The lowest BCUT2D eigenvalue weighted by molar-refractivity contribution is 1.63. The average Bonchev–Trinajstić information content (AvgIpc) is 1.46. The van der Waals surface area contributed by atoms with Crippen molar-refractivity contribution in [1.82, 2.24) is 0 Å². The maximum atomic E-state index is 2.50. The fourth-order valence-electron chi connectivity index (χ4n) is 21.9. The molecule has 0 saturated carbocycles. The SMILES string of the molecule is c1ccc(-c2cccc3c2sc2c(-c4cccc(-c5ccc6c7ccccc7c7cc(-c8ccc9sc%10c(-c%11ccc%12c%13ccccc%13c%13cc(-c%14cc(-c%15cccc(-c%16cccc%17c%16sc%16c(-c%18ccccc%18)cccc%16%17)c%15)c%15sc%16c(-c%17ccc%18c%19ccccc%19c%19ccccc%19c%18c%17)cccc%16c%15c%14)ccc%13c%12c%11)cccc%10c9c8)ccc7c6c5)c4)cccc23)cc1. The second kappa shape index (κ2) is 29.0. The number of thiophene rings is 4. The Morgan fingerprint density at radius 2 is 0.300 bits per heavy atom. The van der Waals surface area contributed by atoms with Gasteiger partial charge in [-0.2, -0.15) is 0 Å².